The zero-order chi connectivity index (χ0) is 10.8. The fourth-order valence-electron chi connectivity index (χ4n) is 1.49. The number of hydrogen-bond donors (Lipinski definition) is 0. The van der Waals surface area contributed by atoms with E-state index in [-0.39, 0.29) is 0 Å². The molecule has 0 amide bonds. The van der Waals surface area contributed by atoms with Crippen LogP contribution in [0.3, 0.4) is 0 Å². The lowest BCUT2D eigenvalue weighted by Gasteiger charge is -2.03. The Kier molecular flexibility index (Phi) is 2.73. The van der Waals surface area contributed by atoms with Gasteiger partial charge in [0.15, 0.2) is 0 Å². The third-order valence-electron chi connectivity index (χ3n) is 2.36. The van der Waals surface area contributed by atoms with Crippen molar-refractivity contribution in [3.63, 3.8) is 0 Å². The molecule has 0 atom stereocenters. The first-order chi connectivity index (χ1) is 7.22. The second kappa shape index (κ2) is 4.03. The standard InChI is InChI=1S/C11H12ClN3/c1-8-4-3-5-10(6-8)15-9(2)11(7-12)13-14-15/h3-6H,7H2,1-2H3. The Morgan fingerprint density at radius 3 is 2.73 bits per heavy atom. The maximum absolute atomic E-state index is 5.75. The van der Waals surface area contributed by atoms with Crippen LogP contribution < -0.4 is 0 Å². The molecule has 78 valence electrons. The van der Waals surface area contributed by atoms with Crippen molar-refractivity contribution in [2.45, 2.75) is 19.7 Å². The molecule has 0 saturated carbocycles. The van der Waals surface area contributed by atoms with Gasteiger partial charge in [0.05, 0.1) is 17.3 Å². The summed E-state index contributed by atoms with van der Waals surface area (Å²) in [6.07, 6.45) is 0. The monoisotopic (exact) mass is 221 g/mol. The summed E-state index contributed by atoms with van der Waals surface area (Å²) in [6.45, 7) is 4.03. The van der Waals surface area contributed by atoms with Gasteiger partial charge in [0.1, 0.15) is 5.69 Å². The van der Waals surface area contributed by atoms with E-state index in [0.29, 0.717) is 5.88 Å². The quantitative estimate of drug-likeness (QED) is 0.730. The molecule has 15 heavy (non-hydrogen) atoms. The Balaban J connectivity index is 2.49. The van der Waals surface area contributed by atoms with Crippen LogP contribution in [0.1, 0.15) is 17.0 Å². The van der Waals surface area contributed by atoms with Crippen LogP contribution in [0.15, 0.2) is 24.3 Å². The summed E-state index contributed by atoms with van der Waals surface area (Å²) >= 11 is 5.75. The number of rotatable bonds is 2. The van der Waals surface area contributed by atoms with Gasteiger partial charge in [-0.2, -0.15) is 0 Å². The van der Waals surface area contributed by atoms with Gasteiger partial charge in [0.2, 0.25) is 0 Å². The second-order valence-electron chi connectivity index (χ2n) is 3.51. The molecule has 0 radical (unpaired) electrons. The molecule has 4 heteroatoms. The van der Waals surface area contributed by atoms with E-state index in [2.05, 4.69) is 29.4 Å². The van der Waals surface area contributed by atoms with Crippen molar-refractivity contribution in [2.75, 3.05) is 0 Å². The van der Waals surface area contributed by atoms with E-state index in [0.717, 1.165) is 17.1 Å². The molecule has 1 aromatic heterocycles. The largest absolute Gasteiger partial charge is 0.218 e. The number of alkyl halides is 1. The Hall–Kier alpha value is -1.35. The van der Waals surface area contributed by atoms with Crippen molar-refractivity contribution in [2.24, 2.45) is 0 Å². The minimum Gasteiger partial charge on any atom is -0.218 e. The zero-order valence-electron chi connectivity index (χ0n) is 8.74. The number of aryl methyl sites for hydroxylation is 1. The van der Waals surface area contributed by atoms with Gasteiger partial charge in [-0.1, -0.05) is 17.3 Å². The van der Waals surface area contributed by atoms with Gasteiger partial charge >= 0.3 is 0 Å². The highest BCUT2D eigenvalue weighted by Crippen LogP contribution is 2.14. The average Bonchev–Trinajstić information content (AvgIpc) is 2.59. The number of halogens is 1. The van der Waals surface area contributed by atoms with Crippen molar-refractivity contribution >= 4 is 11.6 Å². The van der Waals surface area contributed by atoms with Gasteiger partial charge in [0.25, 0.3) is 0 Å². The van der Waals surface area contributed by atoms with Crippen molar-refractivity contribution in [1.29, 1.82) is 0 Å². The first kappa shape index (κ1) is 10.2. The van der Waals surface area contributed by atoms with E-state index < -0.39 is 0 Å². The van der Waals surface area contributed by atoms with E-state index in [1.165, 1.54) is 5.56 Å². The van der Waals surface area contributed by atoms with E-state index in [9.17, 15) is 0 Å². The number of benzene rings is 1. The summed E-state index contributed by atoms with van der Waals surface area (Å²) in [5.74, 6) is 0.400. The molecule has 0 aliphatic rings. The molecule has 2 aromatic rings. The highest BCUT2D eigenvalue weighted by Gasteiger charge is 2.08. The second-order valence-corrected chi connectivity index (χ2v) is 3.77. The summed E-state index contributed by atoms with van der Waals surface area (Å²) in [4.78, 5) is 0. The van der Waals surface area contributed by atoms with Gasteiger partial charge in [-0.05, 0) is 31.5 Å². The lowest BCUT2D eigenvalue weighted by atomic mass is 10.2. The fraction of sp³-hybridized carbons (Fsp3) is 0.273. The SMILES string of the molecule is Cc1cccc(-n2nnc(CCl)c2C)c1. The topological polar surface area (TPSA) is 30.7 Å². The highest BCUT2D eigenvalue weighted by molar-refractivity contribution is 6.16. The van der Waals surface area contributed by atoms with Crippen LogP contribution in [0.4, 0.5) is 0 Å². The van der Waals surface area contributed by atoms with Gasteiger partial charge in [-0.25, -0.2) is 4.68 Å². The summed E-state index contributed by atoms with van der Waals surface area (Å²) in [6, 6.07) is 8.14. The Bertz CT molecular complexity index is 476. The Labute approximate surface area is 93.7 Å². The molecule has 0 spiro atoms. The minimum absolute atomic E-state index is 0.400. The summed E-state index contributed by atoms with van der Waals surface area (Å²) in [5.41, 5.74) is 4.06. The van der Waals surface area contributed by atoms with Crippen LogP contribution in [0.25, 0.3) is 5.69 Å². The van der Waals surface area contributed by atoms with Crippen molar-refractivity contribution in [1.82, 2.24) is 15.0 Å². The maximum atomic E-state index is 5.75. The Morgan fingerprint density at radius 1 is 1.33 bits per heavy atom. The van der Waals surface area contributed by atoms with Crippen LogP contribution in [0, 0.1) is 13.8 Å². The predicted molar refractivity (Wildman–Crippen MR) is 60.4 cm³/mol. The van der Waals surface area contributed by atoms with Gasteiger partial charge < -0.3 is 0 Å². The highest BCUT2D eigenvalue weighted by atomic mass is 35.5. The minimum atomic E-state index is 0.400. The zero-order valence-corrected chi connectivity index (χ0v) is 9.49. The van der Waals surface area contributed by atoms with E-state index >= 15 is 0 Å². The molecule has 0 fully saturated rings. The molecule has 1 heterocycles. The molecule has 3 nitrogen and oxygen atoms in total. The fourth-order valence-corrected chi connectivity index (χ4v) is 1.74. The molecule has 2 rings (SSSR count). The van der Waals surface area contributed by atoms with E-state index in [4.69, 9.17) is 11.6 Å². The smallest absolute Gasteiger partial charge is 0.101 e. The predicted octanol–water partition coefficient (Wildman–Crippen LogP) is 2.62. The van der Waals surface area contributed by atoms with Crippen LogP contribution in [0.5, 0.6) is 0 Å². The van der Waals surface area contributed by atoms with Crippen LogP contribution in [-0.4, -0.2) is 15.0 Å². The number of aromatic nitrogens is 3. The number of nitrogens with zero attached hydrogens (tertiary/aromatic N) is 3. The lowest BCUT2D eigenvalue weighted by molar-refractivity contribution is 0.783. The molecular weight excluding hydrogens is 210 g/mol. The molecule has 0 saturated heterocycles. The molecule has 0 unspecified atom stereocenters. The lowest BCUT2D eigenvalue weighted by Crippen LogP contribution is -1.99. The number of hydrogen-bond acceptors (Lipinski definition) is 2. The molecule has 0 aliphatic carbocycles. The third-order valence-corrected chi connectivity index (χ3v) is 2.62. The van der Waals surface area contributed by atoms with E-state index in [1.54, 1.807) is 0 Å². The van der Waals surface area contributed by atoms with Gasteiger partial charge in [0, 0.05) is 0 Å². The van der Waals surface area contributed by atoms with E-state index in [1.807, 2.05) is 23.7 Å². The van der Waals surface area contributed by atoms with Crippen LogP contribution in [-0.2, 0) is 5.88 Å². The first-order valence-corrected chi connectivity index (χ1v) is 5.30. The summed E-state index contributed by atoms with van der Waals surface area (Å²) in [7, 11) is 0. The van der Waals surface area contributed by atoms with Crippen molar-refractivity contribution in [3.05, 3.63) is 41.2 Å². The van der Waals surface area contributed by atoms with Crippen molar-refractivity contribution < 1.29 is 0 Å². The molecule has 0 N–H and O–H groups in total. The normalized spacial score (nSPS) is 10.6. The first-order valence-electron chi connectivity index (χ1n) is 4.76. The van der Waals surface area contributed by atoms with Crippen molar-refractivity contribution in [3.8, 4) is 5.69 Å². The summed E-state index contributed by atoms with van der Waals surface area (Å²) in [5, 5.41) is 8.10. The molecule has 1 aromatic carbocycles. The van der Waals surface area contributed by atoms with Gasteiger partial charge in [-0.15, -0.1) is 16.7 Å². The van der Waals surface area contributed by atoms with Crippen LogP contribution in [0.2, 0.25) is 0 Å². The third kappa shape index (κ3) is 1.88. The molecular formula is C11H12ClN3. The molecule has 0 aliphatic heterocycles. The molecule has 0 bridgehead atoms. The van der Waals surface area contributed by atoms with Crippen LogP contribution >= 0.6 is 11.6 Å². The van der Waals surface area contributed by atoms with Gasteiger partial charge in [-0.3, -0.25) is 0 Å². The maximum Gasteiger partial charge on any atom is 0.101 e. The Morgan fingerprint density at radius 2 is 2.13 bits per heavy atom. The average molecular weight is 222 g/mol. The summed E-state index contributed by atoms with van der Waals surface area (Å²) < 4.78 is 1.81.